The molecule has 3 amide bonds. The van der Waals surface area contributed by atoms with E-state index in [1.807, 2.05) is 11.3 Å². The molecule has 0 aromatic carbocycles. The number of urea groups is 1. The molecule has 1 saturated carbocycles. The highest BCUT2D eigenvalue weighted by Crippen LogP contribution is 2.44. The highest BCUT2D eigenvalue weighted by Gasteiger charge is 2.53. The number of nitrogens with one attached hydrogen (secondary N) is 1. The predicted molar refractivity (Wildman–Crippen MR) is 112 cm³/mol. The van der Waals surface area contributed by atoms with E-state index in [2.05, 4.69) is 49.4 Å². The highest BCUT2D eigenvalue weighted by molar-refractivity contribution is 7.10. The zero-order valence-corrected chi connectivity index (χ0v) is 18.4. The van der Waals surface area contributed by atoms with Gasteiger partial charge in [-0.25, -0.2) is 9.69 Å². The van der Waals surface area contributed by atoms with Crippen LogP contribution < -0.4 is 5.32 Å². The summed E-state index contributed by atoms with van der Waals surface area (Å²) in [5.74, 6) is 0.608. The van der Waals surface area contributed by atoms with Crippen molar-refractivity contribution in [1.29, 1.82) is 0 Å². The van der Waals surface area contributed by atoms with E-state index in [1.165, 1.54) is 15.3 Å². The third-order valence-electron chi connectivity index (χ3n) is 7.23. The minimum atomic E-state index is -0.663. The topological polar surface area (TPSA) is 52.6 Å². The summed E-state index contributed by atoms with van der Waals surface area (Å²) in [4.78, 5) is 31.4. The van der Waals surface area contributed by atoms with Crippen molar-refractivity contribution in [3.63, 3.8) is 0 Å². The average molecular weight is 404 g/mol. The maximum Gasteiger partial charge on any atom is 0.326 e. The Kier molecular flexibility index (Phi) is 5.07. The van der Waals surface area contributed by atoms with E-state index in [1.54, 1.807) is 0 Å². The number of nitrogens with zero attached hydrogens (tertiary/aromatic N) is 2. The van der Waals surface area contributed by atoms with E-state index in [9.17, 15) is 9.59 Å². The molecular formula is C22H33N3O2S. The number of amides is 3. The van der Waals surface area contributed by atoms with Gasteiger partial charge in [0.2, 0.25) is 0 Å². The standard InChI is InChI=1S/C22H33N3O2S/c1-5-17-16-9-13-28-18(16)8-12-24(17)14-25-19(26)22(23-20(25)27)10-6-15(7-11-22)21(2,3)4/h9,13,15,17H,5-8,10-12,14H2,1-4H3,(H,23,27)/t15?,17-,22?/m0/s1. The summed E-state index contributed by atoms with van der Waals surface area (Å²) < 4.78 is 0. The molecule has 1 atom stereocenters. The molecule has 2 fully saturated rings. The van der Waals surface area contributed by atoms with E-state index >= 15 is 0 Å². The summed E-state index contributed by atoms with van der Waals surface area (Å²) in [5.41, 5.74) is 0.975. The number of hydrogen-bond donors (Lipinski definition) is 1. The first-order chi connectivity index (χ1) is 13.2. The molecule has 1 aliphatic carbocycles. The fourth-order valence-electron chi connectivity index (χ4n) is 5.40. The van der Waals surface area contributed by atoms with Crippen molar-refractivity contribution < 1.29 is 9.59 Å². The Labute approximate surface area is 172 Å². The first kappa shape index (κ1) is 19.9. The van der Waals surface area contributed by atoms with Crippen molar-refractivity contribution >= 4 is 23.3 Å². The van der Waals surface area contributed by atoms with Gasteiger partial charge < -0.3 is 5.32 Å². The summed E-state index contributed by atoms with van der Waals surface area (Å²) in [7, 11) is 0. The molecule has 2 aliphatic heterocycles. The zero-order chi connectivity index (χ0) is 20.1. The molecule has 6 heteroatoms. The number of thiophene rings is 1. The lowest BCUT2D eigenvalue weighted by Gasteiger charge is -2.41. The van der Waals surface area contributed by atoms with Gasteiger partial charge in [0, 0.05) is 17.5 Å². The maximum atomic E-state index is 13.3. The Morgan fingerprint density at radius 2 is 1.96 bits per heavy atom. The maximum absolute atomic E-state index is 13.3. The van der Waals surface area contributed by atoms with Gasteiger partial charge in [0.1, 0.15) is 5.54 Å². The van der Waals surface area contributed by atoms with E-state index in [0.29, 0.717) is 18.6 Å². The first-order valence-corrected chi connectivity index (χ1v) is 11.6. The lowest BCUT2D eigenvalue weighted by Crippen LogP contribution is -2.51. The van der Waals surface area contributed by atoms with Crippen molar-refractivity contribution in [2.24, 2.45) is 11.3 Å². The van der Waals surface area contributed by atoms with Gasteiger partial charge in [-0.3, -0.25) is 9.69 Å². The van der Waals surface area contributed by atoms with Crippen LogP contribution >= 0.6 is 11.3 Å². The van der Waals surface area contributed by atoms with Crippen LogP contribution in [0.3, 0.4) is 0 Å². The Morgan fingerprint density at radius 1 is 1.25 bits per heavy atom. The van der Waals surface area contributed by atoms with Crippen LogP contribution in [0.2, 0.25) is 0 Å². The van der Waals surface area contributed by atoms with Crippen molar-refractivity contribution in [1.82, 2.24) is 15.1 Å². The fraction of sp³-hybridized carbons (Fsp3) is 0.727. The third-order valence-corrected chi connectivity index (χ3v) is 8.22. The molecule has 1 aromatic heterocycles. The van der Waals surface area contributed by atoms with Gasteiger partial charge in [-0.2, -0.15) is 0 Å². The average Bonchev–Trinajstić information content (AvgIpc) is 3.20. The summed E-state index contributed by atoms with van der Waals surface area (Å²) in [5, 5.41) is 5.25. The van der Waals surface area contributed by atoms with Crippen LogP contribution in [0.4, 0.5) is 4.79 Å². The van der Waals surface area contributed by atoms with Crippen LogP contribution in [-0.2, 0) is 11.2 Å². The minimum Gasteiger partial charge on any atom is -0.323 e. The second kappa shape index (κ2) is 7.13. The summed E-state index contributed by atoms with van der Waals surface area (Å²) >= 11 is 1.82. The van der Waals surface area contributed by atoms with Crippen molar-refractivity contribution in [2.75, 3.05) is 13.2 Å². The Morgan fingerprint density at radius 3 is 2.61 bits per heavy atom. The van der Waals surface area contributed by atoms with Crippen LogP contribution in [0.5, 0.6) is 0 Å². The molecule has 28 heavy (non-hydrogen) atoms. The molecule has 5 nitrogen and oxygen atoms in total. The SMILES string of the molecule is CC[C@H]1c2ccsc2CCN1CN1C(=O)NC2(CCC(C(C)(C)C)CC2)C1=O. The lowest BCUT2D eigenvalue weighted by molar-refractivity contribution is -0.135. The first-order valence-electron chi connectivity index (χ1n) is 10.7. The normalized spacial score (nSPS) is 31.4. The monoisotopic (exact) mass is 403 g/mol. The molecule has 1 spiro atoms. The van der Waals surface area contributed by atoms with E-state index < -0.39 is 5.54 Å². The Balaban J connectivity index is 1.47. The molecule has 1 saturated heterocycles. The van der Waals surface area contributed by atoms with E-state index in [0.717, 1.165) is 45.1 Å². The van der Waals surface area contributed by atoms with Gasteiger partial charge in [0.15, 0.2) is 0 Å². The van der Waals surface area contributed by atoms with E-state index in [-0.39, 0.29) is 17.4 Å². The van der Waals surface area contributed by atoms with Crippen molar-refractivity contribution in [3.05, 3.63) is 21.9 Å². The molecule has 1 N–H and O–H groups in total. The zero-order valence-electron chi connectivity index (χ0n) is 17.6. The van der Waals surface area contributed by atoms with Gasteiger partial charge >= 0.3 is 6.03 Å². The second-order valence-corrected chi connectivity index (χ2v) is 10.8. The predicted octanol–water partition coefficient (Wildman–Crippen LogP) is 4.54. The molecule has 4 rings (SSSR count). The summed E-state index contributed by atoms with van der Waals surface area (Å²) in [6.45, 7) is 10.3. The Bertz CT molecular complexity index is 758. The molecule has 3 heterocycles. The van der Waals surface area contributed by atoms with Gasteiger partial charge in [0.05, 0.1) is 6.67 Å². The lowest BCUT2D eigenvalue weighted by atomic mass is 9.67. The summed E-state index contributed by atoms with van der Waals surface area (Å²) in [6, 6.07) is 2.30. The quantitative estimate of drug-likeness (QED) is 0.754. The van der Waals surface area contributed by atoms with Crippen molar-refractivity contribution in [3.8, 4) is 0 Å². The minimum absolute atomic E-state index is 0.00386. The molecule has 0 unspecified atom stereocenters. The highest BCUT2D eigenvalue weighted by atomic mass is 32.1. The molecule has 0 bridgehead atoms. The molecular weight excluding hydrogens is 370 g/mol. The van der Waals surface area contributed by atoms with Gasteiger partial charge in [-0.05, 0) is 66.9 Å². The third kappa shape index (κ3) is 3.28. The van der Waals surface area contributed by atoms with Crippen LogP contribution in [0.15, 0.2) is 11.4 Å². The van der Waals surface area contributed by atoms with Crippen LogP contribution in [0.1, 0.15) is 76.3 Å². The molecule has 3 aliphatic rings. The van der Waals surface area contributed by atoms with Crippen LogP contribution in [0.25, 0.3) is 0 Å². The fourth-order valence-corrected chi connectivity index (χ4v) is 6.33. The largest absolute Gasteiger partial charge is 0.326 e. The van der Waals surface area contributed by atoms with E-state index in [4.69, 9.17) is 0 Å². The number of carbonyl (C=O) groups is 2. The second-order valence-electron chi connectivity index (χ2n) is 9.81. The van der Waals surface area contributed by atoms with Crippen LogP contribution in [-0.4, -0.2) is 40.5 Å². The number of hydrogen-bond acceptors (Lipinski definition) is 4. The summed E-state index contributed by atoms with van der Waals surface area (Å²) in [6.07, 6.45) is 5.53. The van der Waals surface area contributed by atoms with Gasteiger partial charge in [-0.1, -0.05) is 27.7 Å². The number of rotatable bonds is 3. The van der Waals surface area contributed by atoms with Gasteiger partial charge in [0.25, 0.3) is 5.91 Å². The molecule has 0 radical (unpaired) electrons. The number of fused-ring (bicyclic) bond motifs is 1. The molecule has 1 aromatic rings. The number of imide groups is 1. The van der Waals surface area contributed by atoms with Crippen LogP contribution in [0, 0.1) is 11.3 Å². The Hall–Kier alpha value is -1.40. The smallest absolute Gasteiger partial charge is 0.323 e. The number of carbonyl (C=O) groups excluding carboxylic acids is 2. The molecule has 154 valence electrons. The van der Waals surface area contributed by atoms with Crippen molar-refractivity contribution in [2.45, 2.75) is 77.8 Å². The van der Waals surface area contributed by atoms with Gasteiger partial charge in [-0.15, -0.1) is 11.3 Å².